The summed E-state index contributed by atoms with van der Waals surface area (Å²) >= 11 is 3.00. The van der Waals surface area contributed by atoms with Crippen molar-refractivity contribution in [3.05, 3.63) is 63.9 Å². The number of anilines is 1. The van der Waals surface area contributed by atoms with Gasteiger partial charge in [-0.1, -0.05) is 24.3 Å². The van der Waals surface area contributed by atoms with Gasteiger partial charge in [0.05, 0.1) is 16.8 Å². The number of halogens is 2. The largest absolute Gasteiger partial charge is 0.392 e. The number of hydrogen-bond donors (Lipinski definition) is 2. The fraction of sp³-hybridized carbons (Fsp3) is 0.143. The molecule has 0 heterocycles. The van der Waals surface area contributed by atoms with Gasteiger partial charge in [0.15, 0.2) is 0 Å². The molecule has 0 saturated heterocycles. The minimum Gasteiger partial charge on any atom is -0.392 e. The quantitative estimate of drug-likeness (QED) is 0.846. The Morgan fingerprint density at radius 2 is 1.71 bits per heavy atom. The van der Waals surface area contributed by atoms with Gasteiger partial charge in [0, 0.05) is 5.69 Å². The highest BCUT2D eigenvalue weighted by molar-refractivity contribution is 9.10. The molecule has 112 valence electrons. The van der Waals surface area contributed by atoms with Crippen molar-refractivity contribution in [1.29, 1.82) is 0 Å². The van der Waals surface area contributed by atoms with E-state index in [-0.39, 0.29) is 22.5 Å². The Balaban J connectivity index is 2.12. The van der Waals surface area contributed by atoms with Gasteiger partial charge >= 0.3 is 0 Å². The number of nitrogens with one attached hydrogen (secondary N) is 1. The molecule has 0 aliphatic heterocycles. The van der Waals surface area contributed by atoms with Crippen LogP contribution in [0.15, 0.2) is 46.9 Å². The maximum Gasteiger partial charge on any atom is 0.236 e. The lowest BCUT2D eigenvalue weighted by atomic mass is 10.2. The average Bonchev–Trinajstić information content (AvgIpc) is 2.43. The van der Waals surface area contributed by atoms with E-state index in [9.17, 15) is 12.8 Å². The number of aliphatic hydroxyl groups excluding tert-OH is 1. The van der Waals surface area contributed by atoms with E-state index in [1.807, 2.05) is 0 Å². The van der Waals surface area contributed by atoms with Crippen molar-refractivity contribution in [1.82, 2.24) is 0 Å². The topological polar surface area (TPSA) is 66.4 Å². The van der Waals surface area contributed by atoms with Crippen LogP contribution in [0.1, 0.15) is 11.1 Å². The van der Waals surface area contributed by atoms with Crippen molar-refractivity contribution in [3.8, 4) is 0 Å². The minimum atomic E-state index is -3.59. The Morgan fingerprint density at radius 1 is 1.10 bits per heavy atom. The molecule has 0 aliphatic rings. The monoisotopic (exact) mass is 373 g/mol. The van der Waals surface area contributed by atoms with Crippen LogP contribution in [-0.2, 0) is 22.4 Å². The molecule has 0 saturated carbocycles. The van der Waals surface area contributed by atoms with Crippen molar-refractivity contribution in [2.45, 2.75) is 12.4 Å². The smallest absolute Gasteiger partial charge is 0.236 e. The molecule has 2 N–H and O–H groups in total. The molecule has 0 bridgehead atoms. The second-order valence-electron chi connectivity index (χ2n) is 4.46. The van der Waals surface area contributed by atoms with E-state index in [0.717, 1.165) is 0 Å². The molecule has 2 aromatic rings. The third-order valence-electron chi connectivity index (χ3n) is 2.76. The Morgan fingerprint density at radius 3 is 2.29 bits per heavy atom. The third-order valence-corrected chi connectivity index (χ3v) is 4.62. The van der Waals surface area contributed by atoms with Gasteiger partial charge in [-0.25, -0.2) is 12.8 Å². The maximum atomic E-state index is 13.1. The molecule has 0 amide bonds. The molecule has 0 aliphatic carbocycles. The Labute approximate surface area is 130 Å². The molecule has 2 aromatic carbocycles. The molecular formula is C14H13BrFNO3S. The highest BCUT2D eigenvalue weighted by Gasteiger charge is 2.12. The van der Waals surface area contributed by atoms with E-state index in [0.29, 0.717) is 11.1 Å². The van der Waals surface area contributed by atoms with E-state index >= 15 is 0 Å². The van der Waals surface area contributed by atoms with Gasteiger partial charge in [0.25, 0.3) is 0 Å². The zero-order chi connectivity index (χ0) is 15.5. The number of rotatable bonds is 5. The van der Waals surface area contributed by atoms with E-state index in [1.54, 1.807) is 24.3 Å². The molecule has 0 spiro atoms. The van der Waals surface area contributed by atoms with Crippen molar-refractivity contribution >= 4 is 31.6 Å². The van der Waals surface area contributed by atoms with Gasteiger partial charge in [0.1, 0.15) is 5.82 Å². The van der Waals surface area contributed by atoms with Crippen LogP contribution < -0.4 is 4.72 Å². The molecule has 0 atom stereocenters. The summed E-state index contributed by atoms with van der Waals surface area (Å²) in [7, 11) is -3.59. The second-order valence-corrected chi connectivity index (χ2v) is 7.04. The first kappa shape index (κ1) is 15.9. The molecule has 0 unspecified atom stereocenters. The molecule has 2 rings (SSSR count). The van der Waals surface area contributed by atoms with Crippen LogP contribution in [0.3, 0.4) is 0 Å². The molecule has 4 nitrogen and oxygen atoms in total. The third kappa shape index (κ3) is 4.52. The Kier molecular flexibility index (Phi) is 4.97. The normalized spacial score (nSPS) is 11.4. The summed E-state index contributed by atoms with van der Waals surface area (Å²) in [5.74, 6) is -0.661. The van der Waals surface area contributed by atoms with E-state index in [4.69, 9.17) is 5.11 Å². The summed E-state index contributed by atoms with van der Waals surface area (Å²) in [4.78, 5) is 0. The fourth-order valence-electron chi connectivity index (χ4n) is 1.74. The Hall–Kier alpha value is -1.44. The van der Waals surface area contributed by atoms with Crippen molar-refractivity contribution in [2.75, 3.05) is 4.72 Å². The maximum absolute atomic E-state index is 13.1. The number of aliphatic hydroxyl groups is 1. The van der Waals surface area contributed by atoms with Gasteiger partial charge in [-0.15, -0.1) is 0 Å². The summed E-state index contributed by atoms with van der Waals surface area (Å²) in [6, 6.07) is 10.5. The zero-order valence-electron chi connectivity index (χ0n) is 10.9. The summed E-state index contributed by atoms with van der Waals surface area (Å²) in [5.41, 5.74) is 1.60. The first-order valence-corrected chi connectivity index (χ1v) is 8.48. The highest BCUT2D eigenvalue weighted by atomic mass is 79.9. The standard InChI is InChI=1S/C14H13BrFNO3S/c15-13-7-12(5-6-14(13)16)17-21(19,20)9-11-3-1-10(8-18)2-4-11/h1-7,17-18H,8-9H2. The second kappa shape index (κ2) is 6.55. The zero-order valence-corrected chi connectivity index (χ0v) is 13.3. The molecular weight excluding hydrogens is 361 g/mol. The highest BCUT2D eigenvalue weighted by Crippen LogP contribution is 2.21. The Bertz CT molecular complexity index is 732. The van der Waals surface area contributed by atoms with Crippen LogP contribution in [-0.4, -0.2) is 13.5 Å². The van der Waals surface area contributed by atoms with Crippen LogP contribution in [0.4, 0.5) is 10.1 Å². The predicted molar refractivity (Wildman–Crippen MR) is 82.7 cm³/mol. The van der Waals surface area contributed by atoms with Gasteiger partial charge in [-0.2, -0.15) is 0 Å². The number of sulfonamides is 1. The van der Waals surface area contributed by atoms with Gasteiger partial charge in [0.2, 0.25) is 10.0 Å². The van der Waals surface area contributed by atoms with E-state index in [2.05, 4.69) is 20.7 Å². The summed E-state index contributed by atoms with van der Waals surface area (Å²) in [5, 5.41) is 8.94. The number of hydrogen-bond acceptors (Lipinski definition) is 3. The lowest BCUT2D eigenvalue weighted by molar-refractivity contribution is 0.282. The summed E-state index contributed by atoms with van der Waals surface area (Å²) in [6.45, 7) is -0.0884. The molecule has 0 fully saturated rings. The van der Waals surface area contributed by atoms with Gasteiger partial charge in [-0.3, -0.25) is 4.72 Å². The van der Waals surface area contributed by atoms with Crippen LogP contribution >= 0.6 is 15.9 Å². The average molecular weight is 374 g/mol. The summed E-state index contributed by atoms with van der Waals surface area (Å²) < 4.78 is 39.8. The van der Waals surface area contributed by atoms with Crippen LogP contribution in [0.25, 0.3) is 0 Å². The molecule has 0 aromatic heterocycles. The van der Waals surface area contributed by atoms with Crippen molar-refractivity contribution < 1.29 is 17.9 Å². The summed E-state index contributed by atoms with van der Waals surface area (Å²) in [6.07, 6.45) is 0. The van der Waals surface area contributed by atoms with Crippen LogP contribution in [0.5, 0.6) is 0 Å². The molecule has 7 heteroatoms. The first-order chi connectivity index (χ1) is 9.89. The lowest BCUT2D eigenvalue weighted by Crippen LogP contribution is -2.15. The van der Waals surface area contributed by atoms with Crippen LogP contribution in [0.2, 0.25) is 0 Å². The SMILES string of the molecule is O=S(=O)(Cc1ccc(CO)cc1)Nc1ccc(F)c(Br)c1. The van der Waals surface area contributed by atoms with Crippen molar-refractivity contribution in [2.24, 2.45) is 0 Å². The first-order valence-electron chi connectivity index (χ1n) is 6.04. The van der Waals surface area contributed by atoms with Crippen molar-refractivity contribution in [3.63, 3.8) is 0 Å². The van der Waals surface area contributed by atoms with Crippen LogP contribution in [0, 0.1) is 5.82 Å². The van der Waals surface area contributed by atoms with Gasteiger partial charge < -0.3 is 5.11 Å². The predicted octanol–water partition coefficient (Wildman–Crippen LogP) is 3.02. The van der Waals surface area contributed by atoms with Gasteiger partial charge in [-0.05, 0) is 45.3 Å². The molecule has 21 heavy (non-hydrogen) atoms. The molecule has 0 radical (unpaired) electrons. The van der Waals surface area contributed by atoms with E-state index in [1.165, 1.54) is 18.2 Å². The minimum absolute atomic E-state index is 0.0884. The van der Waals surface area contributed by atoms with E-state index < -0.39 is 15.8 Å². The lowest BCUT2D eigenvalue weighted by Gasteiger charge is -2.09. The number of benzene rings is 2. The fourth-order valence-corrected chi connectivity index (χ4v) is 3.30.